The quantitative estimate of drug-likeness (QED) is 0.731. The Morgan fingerprint density at radius 3 is 2.64 bits per heavy atom. The lowest BCUT2D eigenvalue weighted by Crippen LogP contribution is -2.20. The van der Waals surface area contributed by atoms with Crippen molar-refractivity contribution < 1.29 is 5.11 Å². The SMILES string of the molecule is OC(CNCc1cnn(-c2ccccc2)c1)c1ccncc1. The van der Waals surface area contributed by atoms with Crippen LogP contribution in [0.2, 0.25) is 0 Å². The molecular formula is C17H18N4O. The molecule has 0 amide bonds. The Kier molecular flexibility index (Phi) is 4.58. The zero-order chi connectivity index (χ0) is 15.2. The zero-order valence-electron chi connectivity index (χ0n) is 12.1. The van der Waals surface area contributed by atoms with Crippen molar-refractivity contribution in [3.63, 3.8) is 0 Å². The molecule has 0 fully saturated rings. The van der Waals surface area contributed by atoms with E-state index in [1.807, 2.05) is 59.5 Å². The van der Waals surface area contributed by atoms with Gasteiger partial charge >= 0.3 is 0 Å². The van der Waals surface area contributed by atoms with Crippen molar-refractivity contribution in [3.05, 3.63) is 78.4 Å². The molecule has 2 aromatic heterocycles. The molecular weight excluding hydrogens is 276 g/mol. The minimum absolute atomic E-state index is 0.487. The number of aliphatic hydroxyl groups is 1. The van der Waals surface area contributed by atoms with Crippen molar-refractivity contribution in [2.45, 2.75) is 12.6 Å². The first-order valence-corrected chi connectivity index (χ1v) is 7.20. The largest absolute Gasteiger partial charge is 0.387 e. The summed E-state index contributed by atoms with van der Waals surface area (Å²) in [7, 11) is 0. The Morgan fingerprint density at radius 1 is 1.09 bits per heavy atom. The lowest BCUT2D eigenvalue weighted by atomic mass is 10.1. The van der Waals surface area contributed by atoms with E-state index in [-0.39, 0.29) is 0 Å². The fraction of sp³-hybridized carbons (Fsp3) is 0.176. The van der Waals surface area contributed by atoms with Crippen LogP contribution in [-0.4, -0.2) is 26.4 Å². The molecule has 1 aromatic carbocycles. The van der Waals surface area contributed by atoms with Gasteiger partial charge < -0.3 is 10.4 Å². The van der Waals surface area contributed by atoms with E-state index in [4.69, 9.17) is 0 Å². The van der Waals surface area contributed by atoms with Crippen LogP contribution in [0.3, 0.4) is 0 Å². The van der Waals surface area contributed by atoms with Crippen LogP contribution >= 0.6 is 0 Å². The molecule has 0 aliphatic rings. The molecule has 0 saturated carbocycles. The first-order valence-electron chi connectivity index (χ1n) is 7.20. The second-order valence-corrected chi connectivity index (χ2v) is 5.06. The van der Waals surface area contributed by atoms with Crippen molar-refractivity contribution in [2.24, 2.45) is 0 Å². The fourth-order valence-electron chi connectivity index (χ4n) is 2.23. The summed E-state index contributed by atoms with van der Waals surface area (Å²) in [4.78, 5) is 3.94. The van der Waals surface area contributed by atoms with Gasteiger partial charge in [0, 0.05) is 37.2 Å². The Hall–Kier alpha value is -2.50. The fourth-order valence-corrected chi connectivity index (χ4v) is 2.23. The smallest absolute Gasteiger partial charge is 0.0915 e. The summed E-state index contributed by atoms with van der Waals surface area (Å²) in [6.07, 6.45) is 6.65. The van der Waals surface area contributed by atoms with Gasteiger partial charge in [-0.05, 0) is 29.8 Å². The molecule has 112 valence electrons. The molecule has 0 radical (unpaired) electrons. The van der Waals surface area contributed by atoms with Crippen LogP contribution in [0, 0.1) is 0 Å². The van der Waals surface area contributed by atoms with Gasteiger partial charge in [0.1, 0.15) is 0 Å². The molecule has 5 nitrogen and oxygen atoms in total. The highest BCUT2D eigenvalue weighted by Gasteiger charge is 2.07. The normalized spacial score (nSPS) is 12.2. The summed E-state index contributed by atoms with van der Waals surface area (Å²) in [5.74, 6) is 0. The van der Waals surface area contributed by atoms with E-state index in [0.717, 1.165) is 16.8 Å². The number of pyridine rings is 1. The minimum Gasteiger partial charge on any atom is -0.387 e. The van der Waals surface area contributed by atoms with E-state index >= 15 is 0 Å². The number of hydrogen-bond acceptors (Lipinski definition) is 4. The van der Waals surface area contributed by atoms with E-state index < -0.39 is 6.10 Å². The predicted molar refractivity (Wildman–Crippen MR) is 84.5 cm³/mol. The van der Waals surface area contributed by atoms with Crippen molar-refractivity contribution in [2.75, 3.05) is 6.54 Å². The van der Waals surface area contributed by atoms with Gasteiger partial charge in [-0.2, -0.15) is 5.10 Å². The molecule has 3 rings (SSSR count). The second-order valence-electron chi connectivity index (χ2n) is 5.06. The molecule has 0 spiro atoms. The highest BCUT2D eigenvalue weighted by Crippen LogP contribution is 2.10. The molecule has 22 heavy (non-hydrogen) atoms. The van der Waals surface area contributed by atoms with Crippen molar-refractivity contribution >= 4 is 0 Å². The topological polar surface area (TPSA) is 63.0 Å². The van der Waals surface area contributed by atoms with Crippen LogP contribution in [0.25, 0.3) is 5.69 Å². The van der Waals surface area contributed by atoms with Gasteiger partial charge in [0.25, 0.3) is 0 Å². The number of nitrogens with one attached hydrogen (secondary N) is 1. The maximum Gasteiger partial charge on any atom is 0.0915 e. The molecule has 0 saturated heterocycles. The molecule has 1 unspecified atom stereocenters. The standard InChI is InChI=1S/C17H18N4O/c22-17(15-6-8-18-9-7-15)12-19-10-14-11-20-21(13-14)16-4-2-1-3-5-16/h1-9,11,13,17,19,22H,10,12H2. The minimum atomic E-state index is -0.535. The Morgan fingerprint density at radius 2 is 1.86 bits per heavy atom. The average Bonchev–Trinajstić information content (AvgIpc) is 3.05. The van der Waals surface area contributed by atoms with E-state index in [9.17, 15) is 5.11 Å². The van der Waals surface area contributed by atoms with Crippen LogP contribution in [0.4, 0.5) is 0 Å². The molecule has 2 N–H and O–H groups in total. The van der Waals surface area contributed by atoms with E-state index in [0.29, 0.717) is 13.1 Å². The summed E-state index contributed by atoms with van der Waals surface area (Å²) >= 11 is 0. The van der Waals surface area contributed by atoms with Crippen LogP contribution < -0.4 is 5.32 Å². The maximum absolute atomic E-state index is 10.1. The average molecular weight is 294 g/mol. The van der Waals surface area contributed by atoms with Gasteiger partial charge in [-0.25, -0.2) is 4.68 Å². The molecule has 2 heterocycles. The summed E-state index contributed by atoms with van der Waals surface area (Å²) < 4.78 is 1.84. The second kappa shape index (κ2) is 6.98. The van der Waals surface area contributed by atoms with E-state index in [2.05, 4.69) is 15.4 Å². The molecule has 0 bridgehead atoms. The first-order chi connectivity index (χ1) is 10.8. The van der Waals surface area contributed by atoms with E-state index in [1.54, 1.807) is 12.4 Å². The third kappa shape index (κ3) is 3.58. The highest BCUT2D eigenvalue weighted by molar-refractivity contribution is 5.30. The lowest BCUT2D eigenvalue weighted by Gasteiger charge is -2.11. The van der Waals surface area contributed by atoms with Gasteiger partial charge in [-0.1, -0.05) is 18.2 Å². The number of hydrogen-bond donors (Lipinski definition) is 2. The monoisotopic (exact) mass is 294 g/mol. The number of benzene rings is 1. The van der Waals surface area contributed by atoms with Gasteiger partial charge in [-0.3, -0.25) is 4.98 Å². The molecule has 5 heteroatoms. The van der Waals surface area contributed by atoms with E-state index in [1.165, 1.54) is 0 Å². The number of nitrogens with zero attached hydrogens (tertiary/aromatic N) is 3. The zero-order valence-corrected chi connectivity index (χ0v) is 12.1. The van der Waals surface area contributed by atoms with Crippen LogP contribution in [0.15, 0.2) is 67.3 Å². The van der Waals surface area contributed by atoms with Crippen molar-refractivity contribution in [1.82, 2.24) is 20.1 Å². The maximum atomic E-state index is 10.1. The van der Waals surface area contributed by atoms with Gasteiger partial charge in [-0.15, -0.1) is 0 Å². The first kappa shape index (κ1) is 14.4. The van der Waals surface area contributed by atoms with Gasteiger partial charge in [0.15, 0.2) is 0 Å². The van der Waals surface area contributed by atoms with Gasteiger partial charge in [0.05, 0.1) is 18.0 Å². The summed E-state index contributed by atoms with van der Waals surface area (Å²) in [6.45, 7) is 1.15. The number of rotatable bonds is 6. The summed E-state index contributed by atoms with van der Waals surface area (Å²) in [5.41, 5.74) is 2.97. The third-order valence-electron chi connectivity index (χ3n) is 3.41. The highest BCUT2D eigenvalue weighted by atomic mass is 16.3. The van der Waals surface area contributed by atoms with Crippen LogP contribution in [-0.2, 0) is 6.54 Å². The molecule has 1 atom stereocenters. The number of aromatic nitrogens is 3. The number of aliphatic hydroxyl groups excluding tert-OH is 1. The van der Waals surface area contributed by atoms with Crippen molar-refractivity contribution in [3.8, 4) is 5.69 Å². The van der Waals surface area contributed by atoms with Crippen LogP contribution in [0.1, 0.15) is 17.2 Å². The summed E-state index contributed by atoms with van der Waals surface area (Å²) in [6, 6.07) is 13.6. The third-order valence-corrected chi connectivity index (χ3v) is 3.41. The summed E-state index contributed by atoms with van der Waals surface area (Å²) in [5, 5.41) is 17.7. The Labute approximate surface area is 129 Å². The lowest BCUT2D eigenvalue weighted by molar-refractivity contribution is 0.174. The number of para-hydroxylation sites is 1. The van der Waals surface area contributed by atoms with Crippen molar-refractivity contribution in [1.29, 1.82) is 0 Å². The molecule has 3 aromatic rings. The predicted octanol–water partition coefficient (Wildman–Crippen LogP) is 2.09. The Balaban J connectivity index is 1.53. The molecule has 0 aliphatic carbocycles. The Bertz CT molecular complexity index is 697. The van der Waals surface area contributed by atoms with Crippen LogP contribution in [0.5, 0.6) is 0 Å². The van der Waals surface area contributed by atoms with Gasteiger partial charge in [0.2, 0.25) is 0 Å². The molecule has 0 aliphatic heterocycles.